The van der Waals surface area contributed by atoms with E-state index in [1.54, 1.807) is 18.2 Å². The van der Waals surface area contributed by atoms with E-state index in [0.29, 0.717) is 45.2 Å². The second-order valence-corrected chi connectivity index (χ2v) is 14.5. The van der Waals surface area contributed by atoms with Gasteiger partial charge in [-0.2, -0.15) is 0 Å². The molecule has 0 heterocycles. The van der Waals surface area contributed by atoms with Crippen molar-refractivity contribution in [3.8, 4) is 11.5 Å². The maximum Gasteiger partial charge on any atom is 0.248 e. The molecule has 2 amide bonds. The summed E-state index contributed by atoms with van der Waals surface area (Å²) < 4.78 is 32.8. The largest absolute Gasteiger partial charge is 0.493 e. The molecule has 1 fully saturated rings. The molecule has 3 N–H and O–H groups in total. The van der Waals surface area contributed by atoms with Crippen molar-refractivity contribution in [2.24, 2.45) is 17.8 Å². The molecule has 2 aliphatic rings. The minimum atomic E-state index is -1.30. The Hall–Kier alpha value is -3.07. The van der Waals surface area contributed by atoms with Crippen LogP contribution in [0.1, 0.15) is 62.4 Å². The van der Waals surface area contributed by atoms with E-state index in [1.165, 1.54) is 36.3 Å². The average Bonchev–Trinajstić information content (AvgIpc) is 3.08. The van der Waals surface area contributed by atoms with Gasteiger partial charge in [0.2, 0.25) is 11.8 Å². The molecule has 0 aromatic heterocycles. The third-order valence-corrected chi connectivity index (χ3v) is 10.3. The molecule has 6 atom stereocenters. The Bertz CT molecular complexity index is 1490. The molecule has 0 saturated heterocycles. The summed E-state index contributed by atoms with van der Waals surface area (Å²) in [6.07, 6.45) is 2.99. The van der Waals surface area contributed by atoms with E-state index in [1.807, 2.05) is 22.6 Å². The van der Waals surface area contributed by atoms with Crippen LogP contribution in [0.25, 0.3) is 0 Å². The first-order valence-electron chi connectivity index (χ1n) is 16.9. The summed E-state index contributed by atoms with van der Waals surface area (Å²) in [4.78, 5) is 40.5. The van der Waals surface area contributed by atoms with Gasteiger partial charge in [0.15, 0.2) is 11.5 Å². The van der Waals surface area contributed by atoms with Crippen molar-refractivity contribution < 1.29 is 43.2 Å². The molecule has 10 nitrogen and oxygen atoms in total. The number of hydrogen-bond acceptors (Lipinski definition) is 8. The number of rotatable bonds is 15. The smallest absolute Gasteiger partial charge is 0.248 e. The first-order valence-corrected chi connectivity index (χ1v) is 18.0. The van der Waals surface area contributed by atoms with Gasteiger partial charge in [-0.15, -0.1) is 0 Å². The van der Waals surface area contributed by atoms with Gasteiger partial charge >= 0.3 is 0 Å². The fourth-order valence-electron chi connectivity index (χ4n) is 6.82. The Morgan fingerprint density at radius 3 is 2.65 bits per heavy atom. The van der Waals surface area contributed by atoms with E-state index < -0.39 is 30.0 Å². The number of aliphatic hydroxyl groups is 2. The van der Waals surface area contributed by atoms with Crippen LogP contribution in [0.3, 0.4) is 0 Å². The number of carbonyl (C=O) groups excluding carboxylic acids is 3. The molecular formula is C37H48FIN2O8. The molecule has 0 spiro atoms. The summed E-state index contributed by atoms with van der Waals surface area (Å²) in [6, 6.07) is 8.34. The first kappa shape index (κ1) is 38.7. The lowest BCUT2D eigenvalue weighted by atomic mass is 9.75. The second-order valence-electron chi connectivity index (χ2n) is 13.3. The molecule has 1 saturated carbocycles. The Morgan fingerprint density at radius 1 is 1.20 bits per heavy atom. The van der Waals surface area contributed by atoms with E-state index in [-0.39, 0.29) is 61.8 Å². The van der Waals surface area contributed by atoms with Gasteiger partial charge in [0.1, 0.15) is 30.9 Å². The standard InChI is InChI=1S/C37H48FIN2O8/c1-22(2)28-9-8-23(3)14-31(28)48-21-34(44)41(12-10-24-6-5-7-27(38)15-24)30-18-26(37(46)40-11-13-42)19-32(35(30)45)49-36-29(39)16-25(20-43)17-33(36)47-4/h5-7,15-17,19-20,22-23,28,30-32,35,42,45H,8-14,18,21H2,1-4H3,(H,40,46)/t23-,28+,30+,31-,32-,35-/m0/s1. The number of benzene rings is 2. The molecule has 2 aliphatic carbocycles. The lowest BCUT2D eigenvalue weighted by Gasteiger charge is -2.41. The Balaban J connectivity index is 1.68. The summed E-state index contributed by atoms with van der Waals surface area (Å²) in [5, 5.41) is 23.9. The van der Waals surface area contributed by atoms with Crippen molar-refractivity contribution in [2.75, 3.05) is 33.4 Å². The number of nitrogens with zero attached hydrogens (tertiary/aromatic N) is 1. The minimum Gasteiger partial charge on any atom is -0.493 e. The fourth-order valence-corrected chi connectivity index (χ4v) is 7.58. The SMILES string of the molecule is COc1cc(C=O)cc(I)c1O[C@H]1C=C(C(=O)NCCO)C[C@@H](N(CCc2cccc(F)c2)C(=O)CO[C@H]2C[C@@H](C)CC[C@@H]2C(C)C)[C@@H]1O. The van der Waals surface area contributed by atoms with E-state index >= 15 is 0 Å². The number of halogens is 2. The molecule has 0 bridgehead atoms. The molecule has 0 unspecified atom stereocenters. The zero-order valence-corrected chi connectivity index (χ0v) is 30.7. The fraction of sp³-hybridized carbons (Fsp3) is 0.541. The third kappa shape index (κ3) is 10.2. The molecule has 49 heavy (non-hydrogen) atoms. The van der Waals surface area contributed by atoms with Gasteiger partial charge < -0.3 is 34.6 Å². The van der Waals surface area contributed by atoms with Crippen LogP contribution in [0.15, 0.2) is 48.0 Å². The van der Waals surface area contributed by atoms with Crippen molar-refractivity contribution >= 4 is 40.7 Å². The molecule has 2 aromatic rings. The lowest BCUT2D eigenvalue weighted by Crippen LogP contribution is -2.56. The molecule has 0 radical (unpaired) electrons. The van der Waals surface area contributed by atoms with Crippen molar-refractivity contribution in [3.63, 3.8) is 0 Å². The van der Waals surface area contributed by atoms with Crippen LogP contribution >= 0.6 is 22.6 Å². The molecule has 4 rings (SSSR count). The van der Waals surface area contributed by atoms with E-state index in [0.717, 1.165) is 19.3 Å². The highest BCUT2D eigenvalue weighted by molar-refractivity contribution is 14.1. The molecule has 268 valence electrons. The van der Waals surface area contributed by atoms with Crippen molar-refractivity contribution in [3.05, 3.63) is 68.6 Å². The maximum absolute atomic E-state index is 14.2. The molecule has 0 aliphatic heterocycles. The normalized spacial score (nSPS) is 23.8. The second kappa shape index (κ2) is 18.2. The van der Waals surface area contributed by atoms with Gasteiger partial charge in [0.25, 0.3) is 0 Å². The van der Waals surface area contributed by atoms with Crippen molar-refractivity contribution in [1.82, 2.24) is 10.2 Å². The number of hydrogen-bond donors (Lipinski definition) is 3. The summed E-state index contributed by atoms with van der Waals surface area (Å²) in [7, 11) is 1.43. The summed E-state index contributed by atoms with van der Waals surface area (Å²) >= 11 is 2.00. The maximum atomic E-state index is 14.2. The Kier molecular flexibility index (Phi) is 14.4. The first-order chi connectivity index (χ1) is 23.4. The number of ether oxygens (including phenoxy) is 3. The van der Waals surface area contributed by atoms with Gasteiger partial charge in [-0.3, -0.25) is 14.4 Å². The van der Waals surface area contributed by atoms with Gasteiger partial charge in [0.05, 0.1) is 29.4 Å². The van der Waals surface area contributed by atoms with Crippen LogP contribution in [-0.4, -0.2) is 91.0 Å². The van der Waals surface area contributed by atoms with Gasteiger partial charge in [0, 0.05) is 30.6 Å². The number of methoxy groups -OCH3 is 1. The van der Waals surface area contributed by atoms with Crippen LogP contribution in [0, 0.1) is 27.1 Å². The molecule has 12 heteroatoms. The summed E-state index contributed by atoms with van der Waals surface area (Å²) in [5.74, 6) is 0.472. The van der Waals surface area contributed by atoms with Crippen molar-refractivity contribution in [1.29, 1.82) is 0 Å². The van der Waals surface area contributed by atoms with Crippen LogP contribution in [0.2, 0.25) is 0 Å². The highest BCUT2D eigenvalue weighted by Crippen LogP contribution is 2.38. The number of nitrogens with one attached hydrogen (secondary N) is 1. The van der Waals surface area contributed by atoms with Crippen molar-refractivity contribution in [2.45, 2.75) is 77.2 Å². The van der Waals surface area contributed by atoms with Gasteiger partial charge in [-0.25, -0.2) is 4.39 Å². The van der Waals surface area contributed by atoms with Gasteiger partial charge in [-0.05, 0) is 95.5 Å². The number of amides is 2. The van der Waals surface area contributed by atoms with Crippen LogP contribution < -0.4 is 14.8 Å². The van der Waals surface area contributed by atoms with Crippen LogP contribution in [0.4, 0.5) is 4.39 Å². The molecule has 2 aromatic carbocycles. The summed E-state index contributed by atoms with van der Waals surface area (Å²) in [6.45, 7) is 6.18. The highest BCUT2D eigenvalue weighted by atomic mass is 127. The van der Waals surface area contributed by atoms with Gasteiger partial charge in [-0.1, -0.05) is 39.3 Å². The van der Waals surface area contributed by atoms with E-state index in [4.69, 9.17) is 14.2 Å². The summed E-state index contributed by atoms with van der Waals surface area (Å²) in [5.41, 5.74) is 1.30. The minimum absolute atomic E-state index is 0.000563. The lowest BCUT2D eigenvalue weighted by molar-refractivity contribution is -0.148. The average molecular weight is 795 g/mol. The predicted molar refractivity (Wildman–Crippen MR) is 191 cm³/mol. The van der Waals surface area contributed by atoms with Crippen LogP contribution in [-0.2, 0) is 20.7 Å². The predicted octanol–water partition coefficient (Wildman–Crippen LogP) is 4.72. The quantitative estimate of drug-likeness (QED) is 0.175. The zero-order valence-electron chi connectivity index (χ0n) is 28.6. The Morgan fingerprint density at radius 2 is 1.98 bits per heavy atom. The molecular weight excluding hydrogens is 746 g/mol. The third-order valence-electron chi connectivity index (χ3n) is 9.49. The number of aldehydes is 1. The number of aliphatic hydroxyl groups excluding tert-OH is 2. The van der Waals surface area contributed by atoms with E-state index in [9.17, 15) is 29.0 Å². The monoisotopic (exact) mass is 794 g/mol. The topological polar surface area (TPSA) is 135 Å². The number of carbonyl (C=O) groups is 3. The van der Waals surface area contributed by atoms with Crippen LogP contribution in [0.5, 0.6) is 11.5 Å². The van der Waals surface area contributed by atoms with E-state index in [2.05, 4.69) is 26.1 Å². The highest BCUT2D eigenvalue weighted by Gasteiger charge is 2.41. The Labute approximate surface area is 301 Å². The zero-order chi connectivity index (χ0) is 35.7.